The fraction of sp³-hybridized carbons (Fsp3) is 0.0556. The number of thioether (sulfide) groups is 1. The fourth-order valence-corrected chi connectivity index (χ4v) is 3.25. The Kier molecular flexibility index (Phi) is 4.77. The van der Waals surface area contributed by atoms with Gasteiger partial charge < -0.3 is 10.8 Å². The van der Waals surface area contributed by atoms with Crippen LogP contribution in [0, 0.1) is 5.82 Å². The number of amides is 3. The van der Waals surface area contributed by atoms with Gasteiger partial charge >= 0.3 is 0 Å². The highest BCUT2D eigenvalue weighted by Gasteiger charge is 2.35. The molecule has 0 atom stereocenters. The lowest BCUT2D eigenvalue weighted by molar-refractivity contribution is -0.123. The lowest BCUT2D eigenvalue weighted by atomic mass is 10.1. The summed E-state index contributed by atoms with van der Waals surface area (Å²) in [6.07, 6.45) is 1.41. The number of nitrogens with zero attached hydrogens (tertiary/aromatic N) is 1. The summed E-state index contributed by atoms with van der Waals surface area (Å²) in [4.78, 5) is 37.1. The average Bonchev–Trinajstić information content (AvgIpc) is 2.86. The van der Waals surface area contributed by atoms with Gasteiger partial charge in [-0.3, -0.25) is 19.3 Å². The number of benzene rings is 2. The lowest BCUT2D eigenvalue weighted by Gasteiger charge is -2.12. The van der Waals surface area contributed by atoms with Crippen molar-refractivity contribution in [2.24, 2.45) is 5.73 Å². The van der Waals surface area contributed by atoms with E-state index in [1.807, 2.05) is 0 Å². The largest absolute Gasteiger partial charge is 0.505 e. The summed E-state index contributed by atoms with van der Waals surface area (Å²) < 4.78 is 13.1. The molecule has 0 unspecified atom stereocenters. The quantitative estimate of drug-likeness (QED) is 0.804. The molecule has 3 amide bonds. The van der Waals surface area contributed by atoms with E-state index in [2.05, 4.69) is 0 Å². The minimum absolute atomic E-state index is 0.00219. The van der Waals surface area contributed by atoms with Gasteiger partial charge in [0.15, 0.2) is 11.6 Å². The van der Waals surface area contributed by atoms with Crippen LogP contribution in [0.1, 0.15) is 21.5 Å². The first kappa shape index (κ1) is 17.7. The molecule has 0 radical (unpaired) electrons. The Bertz CT molecular complexity index is 958. The van der Waals surface area contributed by atoms with E-state index in [0.717, 1.165) is 22.7 Å². The van der Waals surface area contributed by atoms with Crippen molar-refractivity contribution >= 4 is 34.9 Å². The molecule has 2 aromatic carbocycles. The van der Waals surface area contributed by atoms with Gasteiger partial charge in [-0.2, -0.15) is 0 Å². The lowest BCUT2D eigenvalue weighted by Crippen LogP contribution is -2.27. The van der Waals surface area contributed by atoms with Gasteiger partial charge in [0.25, 0.3) is 11.1 Å². The predicted octanol–water partition coefficient (Wildman–Crippen LogP) is 2.87. The van der Waals surface area contributed by atoms with Crippen molar-refractivity contribution in [2.45, 2.75) is 6.54 Å². The molecule has 1 aliphatic heterocycles. The maximum atomic E-state index is 13.1. The molecule has 1 saturated heterocycles. The molecule has 3 N–H and O–H groups in total. The van der Waals surface area contributed by atoms with Crippen molar-refractivity contribution in [1.29, 1.82) is 0 Å². The summed E-state index contributed by atoms with van der Waals surface area (Å²) in [5.41, 5.74) is 6.49. The van der Waals surface area contributed by atoms with Crippen LogP contribution in [0.25, 0.3) is 6.08 Å². The molecule has 132 valence electrons. The van der Waals surface area contributed by atoms with E-state index < -0.39 is 28.6 Å². The molecule has 0 bridgehead atoms. The third-order valence-corrected chi connectivity index (χ3v) is 4.60. The summed E-state index contributed by atoms with van der Waals surface area (Å²) >= 11 is 0.748. The van der Waals surface area contributed by atoms with Crippen molar-refractivity contribution in [2.75, 3.05) is 0 Å². The summed E-state index contributed by atoms with van der Waals surface area (Å²) in [6, 6.07) is 9.98. The number of imide groups is 1. The number of carbonyl (C=O) groups excluding carboxylic acids is 3. The van der Waals surface area contributed by atoms with Crippen LogP contribution in [0.2, 0.25) is 0 Å². The summed E-state index contributed by atoms with van der Waals surface area (Å²) in [5.74, 6) is -2.42. The first-order chi connectivity index (χ1) is 12.3. The highest BCUT2D eigenvalue weighted by molar-refractivity contribution is 8.18. The second-order valence-corrected chi connectivity index (χ2v) is 6.54. The molecule has 2 aromatic rings. The Morgan fingerprint density at radius 2 is 2.00 bits per heavy atom. The minimum Gasteiger partial charge on any atom is -0.505 e. The Labute approximate surface area is 152 Å². The highest BCUT2D eigenvalue weighted by atomic mass is 32.2. The molecule has 26 heavy (non-hydrogen) atoms. The first-order valence-corrected chi connectivity index (χ1v) is 8.29. The molecule has 1 aliphatic rings. The molecular weight excluding hydrogens is 359 g/mol. The van der Waals surface area contributed by atoms with E-state index in [9.17, 15) is 23.9 Å². The van der Waals surface area contributed by atoms with Gasteiger partial charge in [0.05, 0.1) is 11.4 Å². The summed E-state index contributed by atoms with van der Waals surface area (Å²) in [6.45, 7) is -0.00219. The number of rotatable bonds is 4. The van der Waals surface area contributed by atoms with E-state index >= 15 is 0 Å². The van der Waals surface area contributed by atoms with E-state index in [-0.39, 0.29) is 17.0 Å². The Hall–Kier alpha value is -3.13. The van der Waals surface area contributed by atoms with Crippen LogP contribution in [0.3, 0.4) is 0 Å². The Balaban J connectivity index is 1.82. The van der Waals surface area contributed by atoms with Crippen LogP contribution >= 0.6 is 11.8 Å². The number of phenolic OH excluding ortho intramolecular Hbond substituents is 1. The van der Waals surface area contributed by atoms with Crippen molar-refractivity contribution in [1.82, 2.24) is 4.90 Å². The van der Waals surface area contributed by atoms with Gasteiger partial charge in [-0.25, -0.2) is 4.39 Å². The second kappa shape index (κ2) is 7.01. The van der Waals surface area contributed by atoms with E-state index in [4.69, 9.17) is 5.73 Å². The predicted molar refractivity (Wildman–Crippen MR) is 94.5 cm³/mol. The molecule has 6 nitrogen and oxygen atoms in total. The van der Waals surface area contributed by atoms with E-state index in [1.165, 1.54) is 24.3 Å². The van der Waals surface area contributed by atoms with Gasteiger partial charge in [0.2, 0.25) is 5.91 Å². The monoisotopic (exact) mass is 372 g/mol. The van der Waals surface area contributed by atoms with Crippen LogP contribution < -0.4 is 5.73 Å². The van der Waals surface area contributed by atoms with Crippen molar-refractivity contribution < 1.29 is 23.9 Å². The van der Waals surface area contributed by atoms with Gasteiger partial charge in [-0.1, -0.05) is 18.2 Å². The van der Waals surface area contributed by atoms with Gasteiger partial charge in [0, 0.05) is 5.56 Å². The topological polar surface area (TPSA) is 101 Å². The van der Waals surface area contributed by atoms with Crippen LogP contribution in [0.5, 0.6) is 5.75 Å². The zero-order valence-corrected chi connectivity index (χ0v) is 14.1. The number of halogens is 1. The molecule has 3 rings (SSSR count). The summed E-state index contributed by atoms with van der Waals surface area (Å²) in [5, 5.41) is 8.94. The SMILES string of the molecule is NC(=O)c1cccc(CN2C(=O)SC(=Cc3ccc(F)c(O)c3)C2=O)c1. The smallest absolute Gasteiger partial charge is 0.293 e. The molecule has 1 heterocycles. The second-order valence-electron chi connectivity index (χ2n) is 5.54. The standard InChI is InChI=1S/C18H13FN2O4S/c19-13-5-4-10(7-14(13)22)8-15-17(24)21(18(25)26-15)9-11-2-1-3-12(6-11)16(20)23/h1-8,22H,9H2,(H2,20,23). The number of nitrogens with two attached hydrogens (primary N) is 1. The van der Waals surface area contributed by atoms with Crippen LogP contribution in [0.4, 0.5) is 9.18 Å². The average molecular weight is 372 g/mol. The number of hydrogen-bond donors (Lipinski definition) is 2. The van der Waals surface area contributed by atoms with Crippen LogP contribution in [-0.2, 0) is 11.3 Å². The molecule has 0 aromatic heterocycles. The van der Waals surface area contributed by atoms with Gasteiger partial charge in [-0.05, 0) is 53.2 Å². The third-order valence-electron chi connectivity index (χ3n) is 3.69. The number of phenols is 1. The number of primary amides is 1. The Morgan fingerprint density at radius 1 is 1.23 bits per heavy atom. The molecular formula is C18H13FN2O4S. The molecule has 0 aliphatic carbocycles. The number of hydrogen-bond acceptors (Lipinski definition) is 5. The Morgan fingerprint density at radius 3 is 2.69 bits per heavy atom. The fourth-order valence-electron chi connectivity index (χ4n) is 2.41. The van der Waals surface area contributed by atoms with Crippen molar-refractivity contribution in [3.63, 3.8) is 0 Å². The molecule has 1 fully saturated rings. The van der Waals surface area contributed by atoms with Crippen LogP contribution in [0.15, 0.2) is 47.4 Å². The molecule has 0 saturated carbocycles. The normalized spacial score (nSPS) is 15.7. The zero-order valence-electron chi connectivity index (χ0n) is 13.3. The number of aromatic hydroxyl groups is 1. The van der Waals surface area contributed by atoms with Crippen LogP contribution in [-0.4, -0.2) is 27.1 Å². The zero-order chi connectivity index (χ0) is 18.8. The third kappa shape index (κ3) is 3.60. The minimum atomic E-state index is -0.774. The summed E-state index contributed by atoms with van der Waals surface area (Å²) in [7, 11) is 0. The van der Waals surface area contributed by atoms with Gasteiger partial charge in [-0.15, -0.1) is 0 Å². The van der Waals surface area contributed by atoms with Crippen molar-refractivity contribution in [3.8, 4) is 5.75 Å². The number of carbonyl (C=O) groups is 3. The first-order valence-electron chi connectivity index (χ1n) is 7.48. The van der Waals surface area contributed by atoms with Crippen molar-refractivity contribution in [3.05, 3.63) is 69.9 Å². The maximum Gasteiger partial charge on any atom is 0.293 e. The molecule has 8 heteroatoms. The van der Waals surface area contributed by atoms with Gasteiger partial charge in [0.1, 0.15) is 0 Å². The maximum absolute atomic E-state index is 13.1. The molecule has 0 spiro atoms. The highest BCUT2D eigenvalue weighted by Crippen LogP contribution is 2.33. The van der Waals surface area contributed by atoms with E-state index in [0.29, 0.717) is 11.1 Å². The van der Waals surface area contributed by atoms with E-state index in [1.54, 1.807) is 18.2 Å².